The van der Waals surface area contributed by atoms with E-state index in [0.717, 1.165) is 11.0 Å². The molecule has 2 unspecified atom stereocenters. The molecule has 2 atom stereocenters. The maximum Gasteiger partial charge on any atom is 0.0579 e. The van der Waals surface area contributed by atoms with E-state index in [1.807, 2.05) is 6.20 Å². The number of nitrogens with one attached hydrogen (secondary N) is 1. The van der Waals surface area contributed by atoms with Crippen molar-refractivity contribution >= 4 is 15.9 Å². The number of pyridine rings is 1. The first kappa shape index (κ1) is 15.9. The summed E-state index contributed by atoms with van der Waals surface area (Å²) in [7, 11) is 2.06. The highest BCUT2D eigenvalue weighted by atomic mass is 79.9. The topological polar surface area (TPSA) is 28.2 Å². The molecule has 3 nitrogen and oxygen atoms in total. The molecule has 1 saturated heterocycles. The van der Waals surface area contributed by atoms with Gasteiger partial charge in [0.2, 0.25) is 0 Å². The lowest BCUT2D eigenvalue weighted by Gasteiger charge is -2.34. The van der Waals surface area contributed by atoms with Gasteiger partial charge in [0, 0.05) is 10.7 Å². The van der Waals surface area contributed by atoms with E-state index >= 15 is 0 Å². The van der Waals surface area contributed by atoms with Crippen LogP contribution >= 0.6 is 15.9 Å². The molecule has 112 valence electrons. The molecule has 1 aromatic rings. The van der Waals surface area contributed by atoms with Gasteiger partial charge in [0.25, 0.3) is 0 Å². The maximum absolute atomic E-state index is 4.69. The summed E-state index contributed by atoms with van der Waals surface area (Å²) in [6, 6.07) is 4.76. The Kier molecular flexibility index (Phi) is 6.46. The Labute approximate surface area is 131 Å². The van der Waals surface area contributed by atoms with Gasteiger partial charge in [-0.3, -0.25) is 9.88 Å². The van der Waals surface area contributed by atoms with E-state index in [2.05, 4.69) is 52.3 Å². The number of rotatable bonds is 5. The zero-order valence-electron chi connectivity index (χ0n) is 12.6. The van der Waals surface area contributed by atoms with E-state index < -0.39 is 0 Å². The Morgan fingerprint density at radius 1 is 1.40 bits per heavy atom. The van der Waals surface area contributed by atoms with Crippen LogP contribution in [0.4, 0.5) is 0 Å². The first-order chi connectivity index (χ1) is 9.76. The molecular formula is C16H26BrN3. The van der Waals surface area contributed by atoms with E-state index in [9.17, 15) is 0 Å². The van der Waals surface area contributed by atoms with Crippen LogP contribution in [0.2, 0.25) is 0 Å². The fraction of sp³-hybridized carbons (Fsp3) is 0.688. The second kappa shape index (κ2) is 8.11. The Bertz CT molecular complexity index is 377. The molecule has 0 aromatic carbocycles. The zero-order chi connectivity index (χ0) is 14.4. The summed E-state index contributed by atoms with van der Waals surface area (Å²) in [4.78, 5) is 7.34. The van der Waals surface area contributed by atoms with Gasteiger partial charge < -0.3 is 5.32 Å². The van der Waals surface area contributed by atoms with Crippen molar-refractivity contribution < 1.29 is 0 Å². The molecular weight excluding hydrogens is 314 g/mol. The van der Waals surface area contributed by atoms with Gasteiger partial charge in [-0.05, 0) is 79.9 Å². The van der Waals surface area contributed by atoms with E-state index in [1.54, 1.807) is 0 Å². The molecule has 1 aliphatic heterocycles. The molecule has 0 saturated carbocycles. The van der Waals surface area contributed by atoms with Crippen LogP contribution in [-0.4, -0.2) is 36.6 Å². The number of hydrogen-bond donors (Lipinski definition) is 1. The molecule has 1 aromatic heterocycles. The summed E-state index contributed by atoms with van der Waals surface area (Å²) in [5.41, 5.74) is 1.23. The quantitative estimate of drug-likeness (QED) is 0.887. The molecule has 0 radical (unpaired) electrons. The number of aromatic nitrogens is 1. The number of hydrogen-bond acceptors (Lipinski definition) is 3. The Morgan fingerprint density at radius 3 is 2.90 bits per heavy atom. The van der Waals surface area contributed by atoms with E-state index in [4.69, 9.17) is 4.98 Å². The molecule has 1 fully saturated rings. The molecule has 1 aliphatic rings. The highest BCUT2D eigenvalue weighted by molar-refractivity contribution is 9.10. The third kappa shape index (κ3) is 4.03. The summed E-state index contributed by atoms with van der Waals surface area (Å²) in [6.45, 7) is 5.71. The van der Waals surface area contributed by atoms with Crippen molar-refractivity contribution in [3.8, 4) is 0 Å². The minimum Gasteiger partial charge on any atom is -0.319 e. The van der Waals surface area contributed by atoms with Crippen LogP contribution in [-0.2, 0) is 0 Å². The van der Waals surface area contributed by atoms with Crippen LogP contribution in [0.15, 0.2) is 22.8 Å². The summed E-state index contributed by atoms with van der Waals surface area (Å²) in [5, 5.41) is 3.38. The maximum atomic E-state index is 4.69. The van der Waals surface area contributed by atoms with Gasteiger partial charge in [0.05, 0.1) is 11.7 Å². The lowest BCUT2D eigenvalue weighted by molar-refractivity contribution is 0.151. The third-order valence-corrected chi connectivity index (χ3v) is 4.61. The first-order valence-electron chi connectivity index (χ1n) is 7.76. The van der Waals surface area contributed by atoms with Gasteiger partial charge in [-0.1, -0.05) is 13.3 Å². The summed E-state index contributed by atoms with van der Waals surface area (Å²) >= 11 is 3.49. The van der Waals surface area contributed by atoms with Gasteiger partial charge in [0.1, 0.15) is 0 Å². The molecule has 0 spiro atoms. The lowest BCUT2D eigenvalue weighted by atomic mass is 9.91. The average molecular weight is 340 g/mol. The van der Waals surface area contributed by atoms with Crippen LogP contribution in [0, 0.1) is 5.92 Å². The monoisotopic (exact) mass is 339 g/mol. The first-order valence-corrected chi connectivity index (χ1v) is 8.55. The second-order valence-corrected chi connectivity index (χ2v) is 6.61. The van der Waals surface area contributed by atoms with Crippen molar-refractivity contribution in [2.75, 3.05) is 26.7 Å². The van der Waals surface area contributed by atoms with Crippen LogP contribution < -0.4 is 5.32 Å². The van der Waals surface area contributed by atoms with Gasteiger partial charge in [-0.25, -0.2) is 0 Å². The van der Waals surface area contributed by atoms with E-state index in [0.29, 0.717) is 12.0 Å². The average Bonchev–Trinajstić information content (AvgIpc) is 2.64. The highest BCUT2D eigenvalue weighted by Crippen LogP contribution is 2.34. The third-order valence-electron chi connectivity index (χ3n) is 4.14. The fourth-order valence-electron chi connectivity index (χ4n) is 3.32. The van der Waals surface area contributed by atoms with Crippen LogP contribution in [0.1, 0.15) is 44.3 Å². The van der Waals surface area contributed by atoms with Gasteiger partial charge >= 0.3 is 0 Å². The van der Waals surface area contributed by atoms with Gasteiger partial charge in [0.15, 0.2) is 0 Å². The Morgan fingerprint density at radius 2 is 2.25 bits per heavy atom. The van der Waals surface area contributed by atoms with Crippen molar-refractivity contribution in [2.45, 2.75) is 38.6 Å². The van der Waals surface area contributed by atoms with Crippen molar-refractivity contribution in [3.63, 3.8) is 0 Å². The Hall–Kier alpha value is -0.450. The van der Waals surface area contributed by atoms with Crippen molar-refractivity contribution in [2.24, 2.45) is 5.92 Å². The zero-order valence-corrected chi connectivity index (χ0v) is 14.2. The van der Waals surface area contributed by atoms with Gasteiger partial charge in [-0.2, -0.15) is 0 Å². The number of nitrogens with zero attached hydrogens (tertiary/aromatic N) is 2. The van der Waals surface area contributed by atoms with E-state index in [-0.39, 0.29) is 0 Å². The molecule has 1 N–H and O–H groups in total. The molecule has 0 bridgehead atoms. The summed E-state index contributed by atoms with van der Waals surface area (Å²) in [6.07, 6.45) is 7.08. The van der Waals surface area contributed by atoms with Crippen molar-refractivity contribution in [1.82, 2.24) is 15.2 Å². The molecule has 2 rings (SSSR count). The lowest BCUT2D eigenvalue weighted by Crippen LogP contribution is -2.37. The number of halogens is 1. The van der Waals surface area contributed by atoms with Crippen LogP contribution in [0.5, 0.6) is 0 Å². The standard InChI is InChI=1S/C16H26BrN3/c1-3-9-20-10-5-4-6-13(11-18-2)16(20)15-8-7-14(17)12-19-15/h7-8,12-13,16,18H,3-6,9-11H2,1-2H3. The molecule has 20 heavy (non-hydrogen) atoms. The molecule has 0 amide bonds. The van der Waals surface area contributed by atoms with Crippen molar-refractivity contribution in [1.29, 1.82) is 0 Å². The summed E-state index contributed by atoms with van der Waals surface area (Å²) < 4.78 is 1.06. The Balaban J connectivity index is 2.28. The SMILES string of the molecule is CCCN1CCCCC(CNC)C1c1ccc(Br)cn1. The van der Waals surface area contributed by atoms with Crippen LogP contribution in [0.3, 0.4) is 0 Å². The fourth-order valence-corrected chi connectivity index (χ4v) is 3.56. The largest absolute Gasteiger partial charge is 0.319 e. The van der Waals surface area contributed by atoms with Crippen molar-refractivity contribution in [3.05, 3.63) is 28.5 Å². The van der Waals surface area contributed by atoms with Crippen LogP contribution in [0.25, 0.3) is 0 Å². The summed E-state index contributed by atoms with van der Waals surface area (Å²) in [5.74, 6) is 0.655. The molecule has 2 heterocycles. The van der Waals surface area contributed by atoms with Gasteiger partial charge in [-0.15, -0.1) is 0 Å². The molecule has 4 heteroatoms. The minimum atomic E-state index is 0.456. The smallest absolute Gasteiger partial charge is 0.0579 e. The van der Waals surface area contributed by atoms with E-state index in [1.165, 1.54) is 44.5 Å². The normalized spacial score (nSPS) is 24.6. The number of likely N-dealkylation sites (tertiary alicyclic amines) is 1. The molecule has 0 aliphatic carbocycles. The highest BCUT2D eigenvalue weighted by Gasteiger charge is 2.31. The second-order valence-electron chi connectivity index (χ2n) is 5.70. The minimum absolute atomic E-state index is 0.456. The predicted molar refractivity (Wildman–Crippen MR) is 87.8 cm³/mol. The predicted octanol–water partition coefficient (Wildman–Crippen LogP) is 3.62.